The first-order valence-corrected chi connectivity index (χ1v) is 10.8. The van der Waals surface area contributed by atoms with Crippen molar-refractivity contribution in [2.75, 3.05) is 13.7 Å². The fraction of sp³-hybridized carbons (Fsp3) is 0.231. The lowest BCUT2D eigenvalue weighted by Gasteiger charge is -2.23. The van der Waals surface area contributed by atoms with Crippen LogP contribution in [-0.2, 0) is 6.61 Å². The van der Waals surface area contributed by atoms with E-state index in [0.717, 1.165) is 35.3 Å². The topological polar surface area (TPSA) is 67.5 Å². The van der Waals surface area contributed by atoms with Gasteiger partial charge in [0.2, 0.25) is 0 Å². The lowest BCUT2D eigenvalue weighted by atomic mass is 10.1. The van der Waals surface area contributed by atoms with Gasteiger partial charge >= 0.3 is 0 Å². The highest BCUT2D eigenvalue weighted by Crippen LogP contribution is 2.35. The van der Waals surface area contributed by atoms with Crippen LogP contribution in [0.4, 0.5) is 0 Å². The number of nitrogens with zero attached hydrogens (tertiary/aromatic N) is 2. The lowest BCUT2D eigenvalue weighted by molar-refractivity contribution is 0.0730. The van der Waals surface area contributed by atoms with Crippen molar-refractivity contribution in [1.29, 1.82) is 0 Å². The molecular weight excluding hydrogens is 402 g/mol. The second kappa shape index (κ2) is 8.75. The molecule has 1 fully saturated rings. The van der Waals surface area contributed by atoms with Crippen molar-refractivity contribution in [1.82, 2.24) is 14.9 Å². The Morgan fingerprint density at radius 1 is 1.06 bits per heavy atom. The fourth-order valence-corrected chi connectivity index (χ4v) is 4.25. The number of aromatic nitrogens is 2. The predicted octanol–water partition coefficient (Wildman–Crippen LogP) is 5.13. The molecule has 32 heavy (non-hydrogen) atoms. The van der Waals surface area contributed by atoms with Gasteiger partial charge in [0, 0.05) is 12.1 Å². The fourth-order valence-electron chi connectivity index (χ4n) is 4.25. The van der Waals surface area contributed by atoms with Crippen LogP contribution < -0.4 is 9.47 Å². The molecule has 1 aromatic heterocycles. The molecule has 2 heterocycles. The minimum absolute atomic E-state index is 0.0270. The van der Waals surface area contributed by atoms with Gasteiger partial charge in [0.1, 0.15) is 12.4 Å². The number of fused-ring (bicyclic) bond motifs is 1. The minimum Gasteiger partial charge on any atom is -0.493 e. The average molecular weight is 428 g/mol. The zero-order chi connectivity index (χ0) is 21.9. The van der Waals surface area contributed by atoms with Crippen LogP contribution in [0.2, 0.25) is 0 Å². The Morgan fingerprint density at radius 3 is 2.69 bits per heavy atom. The van der Waals surface area contributed by atoms with E-state index < -0.39 is 0 Å². The van der Waals surface area contributed by atoms with Crippen molar-refractivity contribution in [2.45, 2.75) is 25.5 Å². The van der Waals surface area contributed by atoms with Gasteiger partial charge in [-0.2, -0.15) is 0 Å². The molecule has 1 unspecified atom stereocenters. The van der Waals surface area contributed by atoms with Gasteiger partial charge in [0.15, 0.2) is 11.5 Å². The van der Waals surface area contributed by atoms with E-state index in [0.29, 0.717) is 30.2 Å². The van der Waals surface area contributed by atoms with Gasteiger partial charge in [0.05, 0.1) is 24.2 Å². The number of imidazole rings is 1. The number of likely N-dealkylation sites (tertiary alicyclic amines) is 1. The van der Waals surface area contributed by atoms with Crippen molar-refractivity contribution in [3.8, 4) is 11.5 Å². The Bertz CT molecular complexity index is 1200. The number of amides is 1. The molecule has 0 radical (unpaired) electrons. The summed E-state index contributed by atoms with van der Waals surface area (Å²) in [6, 6.07) is 23.2. The number of methoxy groups -OCH3 is 1. The summed E-state index contributed by atoms with van der Waals surface area (Å²) in [5.41, 5.74) is 3.56. The van der Waals surface area contributed by atoms with E-state index >= 15 is 0 Å². The standard InChI is InChI=1S/C26H25N3O3/c1-31-24-16-19(13-14-23(24)32-17-18-8-3-2-4-9-18)26(30)29-15-7-12-22(29)25-27-20-10-5-6-11-21(20)28-25/h2-6,8-11,13-14,16,22H,7,12,15,17H2,1H3,(H,27,28). The number of nitrogens with one attached hydrogen (secondary N) is 1. The van der Waals surface area contributed by atoms with E-state index in [-0.39, 0.29) is 11.9 Å². The van der Waals surface area contributed by atoms with Crippen LogP contribution in [0.1, 0.15) is 40.6 Å². The first-order chi connectivity index (χ1) is 15.7. The van der Waals surface area contributed by atoms with Gasteiger partial charge in [0.25, 0.3) is 5.91 Å². The Labute approximate surface area is 186 Å². The predicted molar refractivity (Wildman–Crippen MR) is 123 cm³/mol. The highest BCUT2D eigenvalue weighted by atomic mass is 16.5. The highest BCUT2D eigenvalue weighted by Gasteiger charge is 2.33. The molecule has 0 spiro atoms. The molecule has 0 aliphatic carbocycles. The molecule has 1 N–H and O–H groups in total. The summed E-state index contributed by atoms with van der Waals surface area (Å²) in [6.45, 7) is 1.14. The molecule has 0 saturated carbocycles. The third kappa shape index (κ3) is 3.91. The van der Waals surface area contributed by atoms with E-state index in [1.807, 2.05) is 59.5 Å². The number of ether oxygens (including phenoxy) is 2. The van der Waals surface area contributed by atoms with Gasteiger partial charge < -0.3 is 19.4 Å². The summed E-state index contributed by atoms with van der Waals surface area (Å²) >= 11 is 0. The van der Waals surface area contributed by atoms with Crippen LogP contribution in [-0.4, -0.2) is 34.4 Å². The number of H-pyrrole nitrogens is 1. The van der Waals surface area contributed by atoms with Crippen LogP contribution in [0.15, 0.2) is 72.8 Å². The van der Waals surface area contributed by atoms with Crippen molar-refractivity contribution < 1.29 is 14.3 Å². The molecular formula is C26H25N3O3. The lowest BCUT2D eigenvalue weighted by Crippen LogP contribution is -2.31. The van der Waals surface area contributed by atoms with E-state index in [1.54, 1.807) is 25.3 Å². The van der Waals surface area contributed by atoms with Crippen molar-refractivity contribution in [3.63, 3.8) is 0 Å². The summed E-state index contributed by atoms with van der Waals surface area (Å²) in [4.78, 5) is 23.4. The smallest absolute Gasteiger partial charge is 0.254 e. The van der Waals surface area contributed by atoms with Crippen LogP contribution >= 0.6 is 0 Å². The van der Waals surface area contributed by atoms with E-state index in [1.165, 1.54) is 0 Å². The van der Waals surface area contributed by atoms with Gasteiger partial charge in [-0.15, -0.1) is 0 Å². The van der Waals surface area contributed by atoms with Crippen LogP contribution in [0.25, 0.3) is 11.0 Å². The van der Waals surface area contributed by atoms with E-state index in [2.05, 4.69) is 4.98 Å². The summed E-state index contributed by atoms with van der Waals surface area (Å²) in [7, 11) is 1.59. The Balaban J connectivity index is 1.35. The van der Waals surface area contributed by atoms with E-state index in [9.17, 15) is 4.79 Å². The maximum Gasteiger partial charge on any atom is 0.254 e. The highest BCUT2D eigenvalue weighted by molar-refractivity contribution is 5.95. The molecule has 4 aromatic rings. The molecule has 1 amide bonds. The number of rotatable bonds is 6. The molecule has 162 valence electrons. The number of carbonyl (C=O) groups excluding carboxylic acids is 1. The zero-order valence-electron chi connectivity index (χ0n) is 18.0. The van der Waals surface area contributed by atoms with Gasteiger partial charge in [-0.3, -0.25) is 4.79 Å². The quantitative estimate of drug-likeness (QED) is 0.463. The number of hydrogen-bond acceptors (Lipinski definition) is 4. The number of para-hydroxylation sites is 2. The number of benzene rings is 3. The monoisotopic (exact) mass is 427 g/mol. The molecule has 1 aliphatic rings. The van der Waals surface area contributed by atoms with Gasteiger partial charge in [-0.25, -0.2) is 4.98 Å². The normalized spacial score (nSPS) is 15.8. The second-order valence-corrected chi connectivity index (χ2v) is 7.94. The molecule has 6 nitrogen and oxygen atoms in total. The number of carbonyl (C=O) groups is 1. The number of hydrogen-bond donors (Lipinski definition) is 1. The summed E-state index contributed by atoms with van der Waals surface area (Å²) in [5.74, 6) is 1.97. The third-order valence-electron chi connectivity index (χ3n) is 5.88. The molecule has 0 bridgehead atoms. The summed E-state index contributed by atoms with van der Waals surface area (Å²) in [6.07, 6.45) is 1.84. The van der Waals surface area contributed by atoms with Crippen molar-refractivity contribution in [3.05, 3.63) is 89.7 Å². The first-order valence-electron chi connectivity index (χ1n) is 10.8. The van der Waals surface area contributed by atoms with Gasteiger partial charge in [-0.05, 0) is 48.7 Å². The summed E-state index contributed by atoms with van der Waals surface area (Å²) < 4.78 is 11.5. The number of aromatic amines is 1. The first kappa shape index (κ1) is 20.1. The Morgan fingerprint density at radius 2 is 1.88 bits per heavy atom. The average Bonchev–Trinajstić information content (AvgIpc) is 3.50. The van der Waals surface area contributed by atoms with Crippen molar-refractivity contribution >= 4 is 16.9 Å². The second-order valence-electron chi connectivity index (χ2n) is 7.94. The largest absolute Gasteiger partial charge is 0.493 e. The maximum absolute atomic E-state index is 13.4. The summed E-state index contributed by atoms with van der Waals surface area (Å²) in [5, 5.41) is 0. The zero-order valence-corrected chi connectivity index (χ0v) is 18.0. The molecule has 1 saturated heterocycles. The molecule has 5 rings (SSSR count). The Kier molecular flexibility index (Phi) is 5.50. The third-order valence-corrected chi connectivity index (χ3v) is 5.88. The molecule has 1 aliphatic heterocycles. The van der Waals surface area contributed by atoms with E-state index in [4.69, 9.17) is 14.5 Å². The van der Waals surface area contributed by atoms with Gasteiger partial charge in [-0.1, -0.05) is 42.5 Å². The maximum atomic E-state index is 13.4. The van der Waals surface area contributed by atoms with Crippen LogP contribution in [0.5, 0.6) is 11.5 Å². The molecule has 1 atom stereocenters. The molecule has 6 heteroatoms. The Hall–Kier alpha value is -3.80. The van der Waals surface area contributed by atoms with Crippen LogP contribution in [0.3, 0.4) is 0 Å². The SMILES string of the molecule is COc1cc(C(=O)N2CCCC2c2nc3ccccc3[nH]2)ccc1OCc1ccccc1. The van der Waals surface area contributed by atoms with Crippen molar-refractivity contribution in [2.24, 2.45) is 0 Å². The van der Waals surface area contributed by atoms with Crippen LogP contribution in [0, 0.1) is 0 Å². The minimum atomic E-state index is -0.0603. The molecule has 3 aromatic carbocycles.